The van der Waals surface area contributed by atoms with Gasteiger partial charge in [0.05, 0.1) is 24.3 Å². The van der Waals surface area contributed by atoms with E-state index < -0.39 is 5.97 Å². The smallest absolute Gasteiger partial charge is 0.335 e. The number of hydrogen-bond donors (Lipinski definition) is 1. The molecule has 0 spiro atoms. The molecule has 0 aliphatic carbocycles. The molecular weight excluding hydrogens is 306 g/mol. The predicted molar refractivity (Wildman–Crippen MR) is 88.7 cm³/mol. The second kappa shape index (κ2) is 6.91. The monoisotopic (exact) mass is 327 g/mol. The zero-order valence-electron chi connectivity index (χ0n) is 13.6. The fraction of sp³-hybridized carbons (Fsp3) is 0.368. The molecule has 0 bridgehead atoms. The topological polar surface area (TPSA) is 70.8 Å². The Morgan fingerprint density at radius 2 is 2.00 bits per heavy atom. The summed E-state index contributed by atoms with van der Waals surface area (Å²) < 4.78 is 5.53. The zero-order valence-corrected chi connectivity index (χ0v) is 13.6. The molecule has 1 aliphatic heterocycles. The van der Waals surface area contributed by atoms with Crippen molar-refractivity contribution in [2.24, 2.45) is 5.92 Å². The number of furan rings is 1. The minimum Gasteiger partial charge on any atom is -0.478 e. The lowest BCUT2D eigenvalue weighted by Gasteiger charge is -2.37. The third-order valence-corrected chi connectivity index (χ3v) is 4.61. The molecular formula is C19H21NO4. The maximum atomic E-state index is 12.8. The number of carbonyl (C=O) groups is 2. The zero-order chi connectivity index (χ0) is 17.1. The van der Waals surface area contributed by atoms with Gasteiger partial charge < -0.3 is 14.4 Å². The molecule has 5 heteroatoms. The van der Waals surface area contributed by atoms with E-state index in [0.29, 0.717) is 5.92 Å². The molecule has 0 unspecified atom stereocenters. The molecule has 126 valence electrons. The molecule has 1 aliphatic rings. The minimum atomic E-state index is -0.962. The third kappa shape index (κ3) is 3.50. The maximum absolute atomic E-state index is 12.8. The lowest BCUT2D eigenvalue weighted by molar-refractivity contribution is -0.135. The Balaban J connectivity index is 1.73. The normalized spacial score (nSPS) is 20.8. The molecule has 2 aromatic rings. The Morgan fingerprint density at radius 3 is 2.62 bits per heavy atom. The first-order valence-corrected chi connectivity index (χ1v) is 8.19. The van der Waals surface area contributed by atoms with Gasteiger partial charge in [-0.05, 0) is 48.6 Å². The molecule has 1 aromatic heterocycles. The molecule has 3 rings (SSSR count). The van der Waals surface area contributed by atoms with E-state index in [1.807, 2.05) is 17.0 Å². The van der Waals surface area contributed by atoms with Crippen molar-refractivity contribution in [1.29, 1.82) is 0 Å². The summed E-state index contributed by atoms with van der Waals surface area (Å²) in [6.45, 7) is 2.92. The van der Waals surface area contributed by atoms with Crippen LogP contribution in [0, 0.1) is 5.92 Å². The van der Waals surface area contributed by atoms with Gasteiger partial charge in [0.1, 0.15) is 5.76 Å². The lowest BCUT2D eigenvalue weighted by Crippen LogP contribution is -2.41. The summed E-state index contributed by atoms with van der Waals surface area (Å²) in [7, 11) is 0. The van der Waals surface area contributed by atoms with Crippen LogP contribution in [0.25, 0.3) is 0 Å². The Bertz CT molecular complexity index is 705. The van der Waals surface area contributed by atoms with Crippen LogP contribution >= 0.6 is 0 Å². The molecule has 0 radical (unpaired) electrons. The van der Waals surface area contributed by atoms with Crippen LogP contribution in [0.15, 0.2) is 47.1 Å². The summed E-state index contributed by atoms with van der Waals surface area (Å²) in [5, 5.41) is 8.94. The summed E-state index contributed by atoms with van der Waals surface area (Å²) in [5.41, 5.74) is 1.05. The molecule has 5 nitrogen and oxygen atoms in total. The minimum absolute atomic E-state index is 0.0189. The van der Waals surface area contributed by atoms with E-state index >= 15 is 0 Å². The van der Waals surface area contributed by atoms with Crippen LogP contribution in [0.2, 0.25) is 0 Å². The van der Waals surface area contributed by atoms with Crippen LogP contribution in [0.4, 0.5) is 0 Å². The van der Waals surface area contributed by atoms with Gasteiger partial charge >= 0.3 is 5.97 Å². The van der Waals surface area contributed by atoms with Crippen molar-refractivity contribution in [1.82, 2.24) is 4.90 Å². The van der Waals surface area contributed by atoms with E-state index in [9.17, 15) is 9.59 Å². The second-order valence-electron chi connectivity index (χ2n) is 6.43. The predicted octanol–water partition coefficient (Wildman–Crippen LogP) is 3.52. The number of nitrogens with zero attached hydrogens (tertiary/aromatic N) is 1. The van der Waals surface area contributed by atoms with Gasteiger partial charge in [-0.1, -0.05) is 19.1 Å². The maximum Gasteiger partial charge on any atom is 0.335 e. The van der Waals surface area contributed by atoms with E-state index in [4.69, 9.17) is 9.52 Å². The highest BCUT2D eigenvalue weighted by Gasteiger charge is 2.32. The van der Waals surface area contributed by atoms with E-state index in [0.717, 1.165) is 30.7 Å². The van der Waals surface area contributed by atoms with E-state index in [1.54, 1.807) is 18.4 Å². The van der Waals surface area contributed by atoms with E-state index in [-0.39, 0.29) is 23.9 Å². The van der Waals surface area contributed by atoms with Crippen molar-refractivity contribution in [3.8, 4) is 0 Å². The molecule has 24 heavy (non-hydrogen) atoms. The van der Waals surface area contributed by atoms with Crippen molar-refractivity contribution in [3.05, 3.63) is 59.5 Å². The number of piperidine rings is 1. The van der Waals surface area contributed by atoms with Gasteiger partial charge in [-0.3, -0.25) is 4.79 Å². The number of rotatable bonds is 4. The lowest BCUT2D eigenvalue weighted by atomic mass is 9.90. The van der Waals surface area contributed by atoms with Crippen LogP contribution in [0.5, 0.6) is 0 Å². The summed E-state index contributed by atoms with van der Waals surface area (Å²) in [6, 6.07) is 10.2. The average molecular weight is 327 g/mol. The number of carbonyl (C=O) groups excluding carboxylic acids is 1. The first kappa shape index (κ1) is 16.3. The number of aromatic carboxylic acids is 1. The van der Waals surface area contributed by atoms with Gasteiger partial charge in [0, 0.05) is 6.54 Å². The quantitative estimate of drug-likeness (QED) is 0.932. The Morgan fingerprint density at radius 1 is 1.25 bits per heavy atom. The van der Waals surface area contributed by atoms with E-state index in [2.05, 4.69) is 6.92 Å². The van der Waals surface area contributed by atoms with Crippen LogP contribution in [-0.4, -0.2) is 28.4 Å². The van der Waals surface area contributed by atoms with Gasteiger partial charge in [-0.25, -0.2) is 4.79 Å². The molecule has 2 heterocycles. The third-order valence-electron chi connectivity index (χ3n) is 4.61. The van der Waals surface area contributed by atoms with Gasteiger partial charge in [0.2, 0.25) is 5.91 Å². The number of carboxylic acids is 1. The fourth-order valence-corrected chi connectivity index (χ4v) is 3.23. The van der Waals surface area contributed by atoms with Crippen molar-refractivity contribution in [2.45, 2.75) is 32.2 Å². The molecule has 1 N–H and O–H groups in total. The Hall–Kier alpha value is -2.56. The van der Waals surface area contributed by atoms with Crippen molar-refractivity contribution in [3.63, 3.8) is 0 Å². The second-order valence-corrected chi connectivity index (χ2v) is 6.43. The number of carboxylic acid groups (broad SMARTS) is 1. The van der Waals surface area contributed by atoms with Gasteiger partial charge in [0.25, 0.3) is 0 Å². The molecule has 1 fully saturated rings. The standard InChI is InChI=1S/C19H21NO4/c1-13-8-9-20(16(11-13)17-3-2-10-24-17)18(21)12-14-4-6-15(7-5-14)19(22)23/h2-7,10,13,16H,8-9,11-12H2,1H3,(H,22,23)/t13-,16-/m0/s1. The van der Waals surface area contributed by atoms with E-state index in [1.165, 1.54) is 12.1 Å². The average Bonchev–Trinajstić information content (AvgIpc) is 3.09. The summed E-state index contributed by atoms with van der Waals surface area (Å²) in [4.78, 5) is 25.6. The summed E-state index contributed by atoms with van der Waals surface area (Å²) in [5.74, 6) is 0.470. The fourth-order valence-electron chi connectivity index (χ4n) is 3.23. The van der Waals surface area contributed by atoms with Crippen molar-refractivity contribution in [2.75, 3.05) is 6.54 Å². The molecule has 2 atom stereocenters. The molecule has 0 saturated carbocycles. The van der Waals surface area contributed by atoms with Gasteiger partial charge in [-0.2, -0.15) is 0 Å². The first-order chi connectivity index (χ1) is 11.5. The number of likely N-dealkylation sites (tertiary alicyclic amines) is 1. The van der Waals surface area contributed by atoms with Gasteiger partial charge in [0.15, 0.2) is 0 Å². The highest BCUT2D eigenvalue weighted by atomic mass is 16.4. The SMILES string of the molecule is C[C@H]1CCN(C(=O)Cc2ccc(C(=O)O)cc2)[C@H](c2ccco2)C1. The number of hydrogen-bond acceptors (Lipinski definition) is 3. The van der Waals surface area contributed by atoms with Crippen molar-refractivity contribution < 1.29 is 19.1 Å². The molecule has 1 aromatic carbocycles. The Labute approximate surface area is 140 Å². The highest BCUT2D eigenvalue weighted by molar-refractivity contribution is 5.87. The van der Waals surface area contributed by atoms with Gasteiger partial charge in [-0.15, -0.1) is 0 Å². The summed E-state index contributed by atoms with van der Waals surface area (Å²) in [6.07, 6.45) is 3.80. The van der Waals surface area contributed by atoms with Crippen molar-refractivity contribution >= 4 is 11.9 Å². The molecule has 1 saturated heterocycles. The molecule has 1 amide bonds. The number of benzene rings is 1. The van der Waals surface area contributed by atoms with Crippen LogP contribution < -0.4 is 0 Å². The Kier molecular flexibility index (Phi) is 4.69. The summed E-state index contributed by atoms with van der Waals surface area (Å²) >= 11 is 0. The van der Waals surface area contributed by atoms with Crippen LogP contribution in [0.1, 0.15) is 47.5 Å². The first-order valence-electron chi connectivity index (χ1n) is 8.19. The number of amides is 1. The largest absolute Gasteiger partial charge is 0.478 e. The van der Waals surface area contributed by atoms with Crippen LogP contribution in [-0.2, 0) is 11.2 Å². The highest BCUT2D eigenvalue weighted by Crippen LogP contribution is 2.34. The van der Waals surface area contributed by atoms with Crippen LogP contribution in [0.3, 0.4) is 0 Å².